The molecule has 2 aromatic heterocycles. The number of hydrogen-bond donors (Lipinski definition) is 2. The number of benzene rings is 2. The van der Waals surface area contributed by atoms with Crippen molar-refractivity contribution in [2.75, 3.05) is 0 Å². The quantitative estimate of drug-likeness (QED) is 0.352. The molecule has 1 aliphatic rings. The highest BCUT2D eigenvalue weighted by Crippen LogP contribution is 2.48. The number of nitriles is 1. The van der Waals surface area contributed by atoms with E-state index in [4.69, 9.17) is 0 Å². The first-order valence-corrected chi connectivity index (χ1v) is 11.8. The summed E-state index contributed by atoms with van der Waals surface area (Å²) in [6, 6.07) is 10.2. The standard InChI is InChI=1S/C27H26F2N4O2/c1-27(2,11-12-30)25-21(15-3-5-16(6-4-15)26(34)35)22-20(13-17-14-31-32-24(17)23(22)29)33(25)19-9-7-18(28)8-10-19/h7-10,13-16H,3-6,11H2,1-2H3,(H,31,32)(H,34,35). The van der Waals surface area contributed by atoms with Crippen molar-refractivity contribution in [3.05, 3.63) is 59.4 Å². The van der Waals surface area contributed by atoms with Crippen LogP contribution in [0.4, 0.5) is 8.78 Å². The van der Waals surface area contributed by atoms with E-state index in [2.05, 4.69) is 16.3 Å². The third kappa shape index (κ3) is 3.75. The van der Waals surface area contributed by atoms with Crippen molar-refractivity contribution in [1.82, 2.24) is 14.8 Å². The molecule has 0 bridgehead atoms. The maximum Gasteiger partial charge on any atom is 0.306 e. The molecule has 1 fully saturated rings. The van der Waals surface area contributed by atoms with E-state index in [1.807, 2.05) is 24.5 Å². The molecule has 2 N–H and O–H groups in total. The summed E-state index contributed by atoms with van der Waals surface area (Å²) in [6.45, 7) is 3.92. The van der Waals surface area contributed by atoms with E-state index in [0.29, 0.717) is 53.2 Å². The molecule has 0 amide bonds. The van der Waals surface area contributed by atoms with Crippen LogP contribution in [0.1, 0.15) is 63.1 Å². The summed E-state index contributed by atoms with van der Waals surface area (Å²) in [4.78, 5) is 11.6. The summed E-state index contributed by atoms with van der Waals surface area (Å²) in [6.07, 6.45) is 4.00. The van der Waals surface area contributed by atoms with Crippen LogP contribution in [0, 0.1) is 28.9 Å². The Kier molecular flexibility index (Phi) is 5.59. The van der Waals surface area contributed by atoms with Gasteiger partial charge in [0, 0.05) is 34.0 Å². The lowest BCUT2D eigenvalue weighted by molar-refractivity contribution is -0.142. The Morgan fingerprint density at radius 1 is 1.23 bits per heavy atom. The number of fused-ring (bicyclic) bond motifs is 2. The third-order valence-electron chi connectivity index (χ3n) is 7.38. The Morgan fingerprint density at radius 3 is 2.54 bits per heavy atom. The predicted molar refractivity (Wildman–Crippen MR) is 128 cm³/mol. The molecule has 2 aromatic carbocycles. The van der Waals surface area contributed by atoms with Crippen LogP contribution in [-0.4, -0.2) is 25.8 Å². The van der Waals surface area contributed by atoms with Gasteiger partial charge in [-0.05, 0) is 67.5 Å². The zero-order valence-corrected chi connectivity index (χ0v) is 19.6. The monoisotopic (exact) mass is 476 g/mol. The number of nitrogens with one attached hydrogen (secondary N) is 1. The van der Waals surface area contributed by atoms with Gasteiger partial charge in [0.25, 0.3) is 0 Å². The fourth-order valence-electron chi connectivity index (χ4n) is 5.66. The molecule has 1 saturated carbocycles. The van der Waals surface area contributed by atoms with Gasteiger partial charge < -0.3 is 9.67 Å². The number of rotatable bonds is 5. The van der Waals surface area contributed by atoms with Crippen LogP contribution in [0.5, 0.6) is 0 Å². The minimum Gasteiger partial charge on any atom is -0.481 e. The van der Waals surface area contributed by atoms with Crippen molar-refractivity contribution in [2.45, 2.75) is 57.3 Å². The Bertz CT molecular complexity index is 1470. The van der Waals surface area contributed by atoms with E-state index >= 15 is 4.39 Å². The largest absolute Gasteiger partial charge is 0.481 e. The van der Waals surface area contributed by atoms with Crippen LogP contribution in [0.25, 0.3) is 27.5 Å². The minimum atomic E-state index is -0.799. The topological polar surface area (TPSA) is 94.7 Å². The van der Waals surface area contributed by atoms with Gasteiger partial charge in [0.2, 0.25) is 0 Å². The second kappa shape index (κ2) is 8.49. The van der Waals surface area contributed by atoms with E-state index < -0.39 is 23.1 Å². The van der Waals surface area contributed by atoms with Crippen LogP contribution in [-0.2, 0) is 10.2 Å². The van der Waals surface area contributed by atoms with E-state index in [9.17, 15) is 19.6 Å². The zero-order chi connectivity index (χ0) is 24.9. The molecule has 0 radical (unpaired) electrons. The number of carboxylic acid groups (broad SMARTS) is 1. The number of halogens is 2. The highest BCUT2D eigenvalue weighted by atomic mass is 19.1. The number of carboxylic acids is 1. The molecule has 0 saturated heterocycles. The molecule has 5 rings (SSSR count). The van der Waals surface area contributed by atoms with Crippen molar-refractivity contribution in [3.63, 3.8) is 0 Å². The molecular formula is C27H26F2N4O2. The van der Waals surface area contributed by atoms with Crippen molar-refractivity contribution in [1.29, 1.82) is 5.26 Å². The Morgan fingerprint density at radius 2 is 1.91 bits per heavy atom. The SMILES string of the molecule is CC(C)(CC#N)c1c(C2CCC(C(=O)O)CC2)c2c(F)c3[nH]ncc3cc2n1-c1ccc(F)cc1. The summed E-state index contributed by atoms with van der Waals surface area (Å²) in [5, 5.41) is 27.0. The first-order chi connectivity index (χ1) is 16.7. The van der Waals surface area contributed by atoms with E-state index in [1.54, 1.807) is 18.3 Å². The third-order valence-corrected chi connectivity index (χ3v) is 7.38. The lowest BCUT2D eigenvalue weighted by Crippen LogP contribution is -2.26. The number of aromatic nitrogens is 3. The van der Waals surface area contributed by atoms with Gasteiger partial charge in [0.1, 0.15) is 11.3 Å². The number of hydrogen-bond acceptors (Lipinski definition) is 3. The molecule has 0 atom stereocenters. The molecule has 1 aliphatic carbocycles. The van der Waals surface area contributed by atoms with Gasteiger partial charge in [-0.2, -0.15) is 10.4 Å². The first-order valence-electron chi connectivity index (χ1n) is 11.8. The lowest BCUT2D eigenvalue weighted by Gasteiger charge is -2.32. The number of carbonyl (C=O) groups is 1. The smallest absolute Gasteiger partial charge is 0.306 e. The molecule has 8 heteroatoms. The summed E-state index contributed by atoms with van der Waals surface area (Å²) >= 11 is 0. The molecule has 0 aliphatic heterocycles. The average Bonchev–Trinajstić information content (AvgIpc) is 3.43. The minimum absolute atomic E-state index is 0.0716. The highest BCUT2D eigenvalue weighted by Gasteiger charge is 2.38. The molecule has 0 spiro atoms. The maximum absolute atomic E-state index is 16.2. The summed E-state index contributed by atoms with van der Waals surface area (Å²) < 4.78 is 31.9. The molecule has 2 heterocycles. The van der Waals surface area contributed by atoms with E-state index in [1.165, 1.54) is 12.1 Å². The van der Waals surface area contributed by atoms with Gasteiger partial charge in [0.15, 0.2) is 5.82 Å². The number of aliphatic carboxylic acids is 1. The lowest BCUT2D eigenvalue weighted by atomic mass is 9.74. The number of nitrogens with zero attached hydrogens (tertiary/aromatic N) is 3. The molecule has 4 aromatic rings. The average molecular weight is 477 g/mol. The maximum atomic E-state index is 16.2. The Balaban J connectivity index is 1.87. The van der Waals surface area contributed by atoms with E-state index in [0.717, 1.165) is 11.3 Å². The Hall–Kier alpha value is -3.73. The first kappa shape index (κ1) is 23.0. The molecular weight excluding hydrogens is 450 g/mol. The van der Waals surface area contributed by atoms with Crippen LogP contribution in [0.15, 0.2) is 36.5 Å². The van der Waals surface area contributed by atoms with Gasteiger partial charge in [-0.15, -0.1) is 0 Å². The summed E-state index contributed by atoms with van der Waals surface area (Å²) in [5.74, 6) is -2.07. The van der Waals surface area contributed by atoms with E-state index in [-0.39, 0.29) is 18.2 Å². The normalized spacial score (nSPS) is 18.7. The Labute approximate surface area is 201 Å². The number of aromatic amines is 1. The van der Waals surface area contributed by atoms with Crippen molar-refractivity contribution >= 4 is 27.8 Å². The van der Waals surface area contributed by atoms with Gasteiger partial charge in [0.05, 0.1) is 23.7 Å². The summed E-state index contributed by atoms with van der Waals surface area (Å²) in [7, 11) is 0. The second-order valence-corrected chi connectivity index (χ2v) is 10.1. The molecule has 0 unspecified atom stereocenters. The predicted octanol–water partition coefficient (Wildman–Crippen LogP) is 6.33. The van der Waals surface area contributed by atoms with Crippen LogP contribution < -0.4 is 0 Å². The van der Waals surface area contributed by atoms with Gasteiger partial charge >= 0.3 is 5.97 Å². The van der Waals surface area contributed by atoms with Gasteiger partial charge in [-0.25, -0.2) is 8.78 Å². The molecule has 180 valence electrons. The second-order valence-electron chi connectivity index (χ2n) is 10.1. The number of H-pyrrole nitrogens is 1. The molecule has 6 nitrogen and oxygen atoms in total. The van der Waals surface area contributed by atoms with Crippen LogP contribution in [0.3, 0.4) is 0 Å². The summed E-state index contributed by atoms with van der Waals surface area (Å²) in [5.41, 5.74) is 2.56. The zero-order valence-electron chi connectivity index (χ0n) is 19.6. The molecule has 35 heavy (non-hydrogen) atoms. The van der Waals surface area contributed by atoms with Crippen LogP contribution >= 0.6 is 0 Å². The van der Waals surface area contributed by atoms with Gasteiger partial charge in [-0.3, -0.25) is 9.89 Å². The fraction of sp³-hybridized carbons (Fsp3) is 0.370. The fourth-order valence-corrected chi connectivity index (χ4v) is 5.66. The highest BCUT2D eigenvalue weighted by molar-refractivity contribution is 6.00. The van der Waals surface area contributed by atoms with Crippen LogP contribution in [0.2, 0.25) is 0 Å². The van der Waals surface area contributed by atoms with Crippen molar-refractivity contribution in [3.8, 4) is 11.8 Å². The van der Waals surface area contributed by atoms with Crippen molar-refractivity contribution in [2.24, 2.45) is 5.92 Å². The van der Waals surface area contributed by atoms with Gasteiger partial charge in [-0.1, -0.05) is 13.8 Å². The van der Waals surface area contributed by atoms with Crippen molar-refractivity contribution < 1.29 is 18.7 Å².